The molecular weight excluding hydrogens is 274 g/mol. The zero-order valence-electron chi connectivity index (χ0n) is 11.9. The predicted octanol–water partition coefficient (Wildman–Crippen LogP) is 2.20. The molecule has 2 N–H and O–H groups in total. The highest BCUT2D eigenvalue weighted by Gasteiger charge is 2.18. The van der Waals surface area contributed by atoms with E-state index in [1.54, 1.807) is 6.07 Å². The Labute approximate surface area is 121 Å². The first-order valence-electron chi connectivity index (χ1n) is 6.68. The molecule has 0 aliphatic rings. The van der Waals surface area contributed by atoms with Gasteiger partial charge >= 0.3 is 5.97 Å². The van der Waals surface area contributed by atoms with E-state index in [9.17, 15) is 14.7 Å². The van der Waals surface area contributed by atoms with Crippen molar-refractivity contribution >= 4 is 16.7 Å². The van der Waals surface area contributed by atoms with Crippen LogP contribution in [0.1, 0.15) is 30.3 Å². The minimum absolute atomic E-state index is 0.228. The lowest BCUT2D eigenvalue weighted by molar-refractivity contribution is 0.0489. The standard InChI is InChI=1S/C15H17NO5/c1-3-4-7-21-15(19)12-13(17)10-6-5-9(20-2)8-11(10)14(18)16-12/h5-6,8,17H,3-4,7H2,1-2H3,(H,16,18). The molecule has 0 amide bonds. The number of pyridine rings is 1. The first-order chi connectivity index (χ1) is 10.1. The summed E-state index contributed by atoms with van der Waals surface area (Å²) in [5.74, 6) is -0.546. The van der Waals surface area contributed by atoms with Crippen LogP contribution in [0.15, 0.2) is 23.0 Å². The molecule has 6 nitrogen and oxygen atoms in total. The summed E-state index contributed by atoms with van der Waals surface area (Å²) in [4.78, 5) is 26.3. The molecule has 0 radical (unpaired) electrons. The number of hydrogen-bond donors (Lipinski definition) is 2. The average molecular weight is 291 g/mol. The summed E-state index contributed by atoms with van der Waals surface area (Å²) < 4.78 is 10.0. The van der Waals surface area contributed by atoms with Crippen molar-refractivity contribution in [2.75, 3.05) is 13.7 Å². The third-order valence-electron chi connectivity index (χ3n) is 3.14. The van der Waals surface area contributed by atoms with Crippen LogP contribution in [0, 0.1) is 0 Å². The van der Waals surface area contributed by atoms with Gasteiger partial charge in [0.25, 0.3) is 5.56 Å². The van der Waals surface area contributed by atoms with Crippen molar-refractivity contribution in [2.24, 2.45) is 0 Å². The zero-order valence-corrected chi connectivity index (χ0v) is 11.9. The smallest absolute Gasteiger partial charge is 0.358 e. The quantitative estimate of drug-likeness (QED) is 0.651. The van der Waals surface area contributed by atoms with Crippen LogP contribution in [0.3, 0.4) is 0 Å². The Bertz CT molecular complexity index is 720. The number of unbranched alkanes of at least 4 members (excludes halogenated alkanes) is 1. The number of aromatic hydroxyl groups is 1. The lowest BCUT2D eigenvalue weighted by Crippen LogP contribution is -2.16. The van der Waals surface area contributed by atoms with Gasteiger partial charge in [-0.25, -0.2) is 4.79 Å². The van der Waals surface area contributed by atoms with Crippen molar-refractivity contribution in [1.82, 2.24) is 4.98 Å². The second-order valence-electron chi connectivity index (χ2n) is 4.58. The van der Waals surface area contributed by atoms with Crippen LogP contribution in [0.2, 0.25) is 0 Å². The number of ether oxygens (including phenoxy) is 2. The maximum atomic E-state index is 12.0. The van der Waals surface area contributed by atoms with Gasteiger partial charge in [0.2, 0.25) is 0 Å². The largest absolute Gasteiger partial charge is 0.505 e. The van der Waals surface area contributed by atoms with Gasteiger partial charge in [-0.15, -0.1) is 0 Å². The van der Waals surface area contributed by atoms with Crippen LogP contribution in [0.4, 0.5) is 0 Å². The number of H-pyrrole nitrogens is 1. The van der Waals surface area contributed by atoms with Gasteiger partial charge in [0.15, 0.2) is 11.4 Å². The average Bonchev–Trinajstić information content (AvgIpc) is 2.50. The number of esters is 1. The molecule has 0 saturated heterocycles. The van der Waals surface area contributed by atoms with Crippen LogP contribution in [0.25, 0.3) is 10.8 Å². The second-order valence-corrected chi connectivity index (χ2v) is 4.58. The van der Waals surface area contributed by atoms with Crippen LogP contribution in [-0.4, -0.2) is 29.8 Å². The van der Waals surface area contributed by atoms with Crippen molar-refractivity contribution in [3.05, 3.63) is 34.2 Å². The first kappa shape index (κ1) is 14.9. The number of rotatable bonds is 5. The third kappa shape index (κ3) is 2.99. The Morgan fingerprint density at radius 2 is 2.10 bits per heavy atom. The summed E-state index contributed by atoms with van der Waals surface area (Å²) in [6.45, 7) is 2.22. The molecule has 0 unspecified atom stereocenters. The fourth-order valence-electron chi connectivity index (χ4n) is 1.95. The van der Waals surface area contributed by atoms with E-state index >= 15 is 0 Å². The molecule has 1 aromatic carbocycles. The van der Waals surface area contributed by atoms with Gasteiger partial charge in [-0.05, 0) is 24.6 Å². The highest BCUT2D eigenvalue weighted by atomic mass is 16.5. The number of carbonyl (C=O) groups is 1. The Morgan fingerprint density at radius 1 is 1.33 bits per heavy atom. The van der Waals surface area contributed by atoms with Crippen LogP contribution in [0.5, 0.6) is 11.5 Å². The molecule has 0 fully saturated rings. The Morgan fingerprint density at radius 3 is 2.76 bits per heavy atom. The number of aromatic nitrogens is 1. The van der Waals surface area contributed by atoms with Crippen molar-refractivity contribution in [3.8, 4) is 11.5 Å². The summed E-state index contributed by atoms with van der Waals surface area (Å²) in [7, 11) is 1.48. The minimum atomic E-state index is -0.740. The van der Waals surface area contributed by atoms with Crippen LogP contribution < -0.4 is 10.3 Å². The molecule has 6 heteroatoms. The summed E-state index contributed by atoms with van der Waals surface area (Å²) in [6, 6.07) is 4.63. The number of methoxy groups -OCH3 is 1. The lowest BCUT2D eigenvalue weighted by atomic mass is 10.1. The Kier molecular flexibility index (Phi) is 4.47. The highest BCUT2D eigenvalue weighted by Crippen LogP contribution is 2.28. The first-order valence-corrected chi connectivity index (χ1v) is 6.68. The molecule has 0 aliphatic carbocycles. The second kappa shape index (κ2) is 6.30. The van der Waals surface area contributed by atoms with Gasteiger partial charge in [-0.3, -0.25) is 4.79 Å². The van der Waals surface area contributed by atoms with E-state index < -0.39 is 11.5 Å². The minimum Gasteiger partial charge on any atom is -0.505 e. The highest BCUT2D eigenvalue weighted by molar-refractivity contribution is 5.99. The Balaban J connectivity index is 2.45. The molecule has 0 spiro atoms. The third-order valence-corrected chi connectivity index (χ3v) is 3.14. The fourth-order valence-corrected chi connectivity index (χ4v) is 1.95. The van der Waals surface area contributed by atoms with Crippen molar-refractivity contribution in [1.29, 1.82) is 0 Å². The molecule has 2 rings (SSSR count). The predicted molar refractivity (Wildman–Crippen MR) is 78.0 cm³/mol. The number of fused-ring (bicyclic) bond motifs is 1. The van der Waals surface area contributed by atoms with Gasteiger partial charge in [0.05, 0.1) is 19.1 Å². The number of hydrogen-bond acceptors (Lipinski definition) is 5. The normalized spacial score (nSPS) is 10.6. The van der Waals surface area contributed by atoms with E-state index in [4.69, 9.17) is 9.47 Å². The molecule has 0 bridgehead atoms. The molecule has 112 valence electrons. The fraction of sp³-hybridized carbons (Fsp3) is 0.333. The van der Waals surface area contributed by atoms with E-state index in [0.29, 0.717) is 5.75 Å². The van der Waals surface area contributed by atoms with Crippen molar-refractivity contribution < 1.29 is 19.4 Å². The SMILES string of the molecule is CCCCOC(=O)c1[nH]c(=O)c2cc(OC)ccc2c1O. The van der Waals surface area contributed by atoms with E-state index in [-0.39, 0.29) is 28.8 Å². The van der Waals surface area contributed by atoms with Crippen molar-refractivity contribution in [3.63, 3.8) is 0 Å². The maximum Gasteiger partial charge on any atom is 0.358 e. The molecular formula is C15H17NO5. The molecule has 2 aromatic rings. The number of benzene rings is 1. The molecule has 0 aliphatic heterocycles. The topological polar surface area (TPSA) is 88.6 Å². The summed E-state index contributed by atoms with van der Waals surface area (Å²) in [5, 5.41) is 10.7. The van der Waals surface area contributed by atoms with E-state index in [1.807, 2.05) is 6.92 Å². The van der Waals surface area contributed by atoms with Gasteiger partial charge in [0, 0.05) is 5.39 Å². The number of nitrogens with one attached hydrogen (secondary N) is 1. The molecule has 0 saturated carbocycles. The van der Waals surface area contributed by atoms with Crippen molar-refractivity contribution in [2.45, 2.75) is 19.8 Å². The van der Waals surface area contributed by atoms with Gasteiger partial charge in [-0.1, -0.05) is 13.3 Å². The van der Waals surface area contributed by atoms with Crippen LogP contribution >= 0.6 is 0 Å². The molecule has 21 heavy (non-hydrogen) atoms. The van der Waals surface area contributed by atoms with Gasteiger partial charge in [-0.2, -0.15) is 0 Å². The summed E-state index contributed by atoms with van der Waals surface area (Å²) in [6.07, 6.45) is 1.61. The van der Waals surface area contributed by atoms with E-state index in [0.717, 1.165) is 12.8 Å². The zero-order chi connectivity index (χ0) is 15.4. The molecule has 0 atom stereocenters. The number of aromatic amines is 1. The summed E-state index contributed by atoms with van der Waals surface area (Å²) in [5.41, 5.74) is -0.710. The van der Waals surface area contributed by atoms with E-state index in [2.05, 4.69) is 4.98 Å². The van der Waals surface area contributed by atoms with Gasteiger partial charge in [0.1, 0.15) is 5.75 Å². The summed E-state index contributed by atoms with van der Waals surface area (Å²) >= 11 is 0. The lowest BCUT2D eigenvalue weighted by Gasteiger charge is -2.09. The molecule has 1 aromatic heterocycles. The van der Waals surface area contributed by atoms with E-state index in [1.165, 1.54) is 19.2 Å². The monoisotopic (exact) mass is 291 g/mol. The number of carbonyl (C=O) groups excluding carboxylic acids is 1. The Hall–Kier alpha value is -2.50. The molecule has 1 heterocycles. The van der Waals surface area contributed by atoms with Gasteiger partial charge < -0.3 is 19.6 Å². The maximum absolute atomic E-state index is 12.0. The van der Waals surface area contributed by atoms with Crippen LogP contribution in [-0.2, 0) is 4.74 Å².